The Morgan fingerprint density at radius 2 is 2.10 bits per heavy atom. The fraction of sp³-hybridized carbons (Fsp3) is 0.500. The maximum absolute atomic E-state index is 11.5. The van der Waals surface area contributed by atoms with Crippen molar-refractivity contribution < 1.29 is 14.7 Å². The van der Waals surface area contributed by atoms with E-state index in [1.54, 1.807) is 18.3 Å². The third kappa shape index (κ3) is 2.21. The fourth-order valence-corrected chi connectivity index (χ4v) is 3.11. The first-order valence-corrected chi connectivity index (χ1v) is 6.80. The molecule has 0 aromatic carbocycles. The SMILES string of the molecule is NC(=O)c1cccnc1N1C[C@@H](C(=O)O)[C@H](C2CC2)C1. The fourth-order valence-electron chi connectivity index (χ4n) is 3.11. The van der Waals surface area contributed by atoms with Crippen molar-refractivity contribution in [3.05, 3.63) is 23.9 Å². The molecular formula is C14H17N3O3. The second-order valence-electron chi connectivity index (χ2n) is 5.59. The van der Waals surface area contributed by atoms with Crippen LogP contribution in [0.15, 0.2) is 18.3 Å². The van der Waals surface area contributed by atoms with E-state index in [9.17, 15) is 14.7 Å². The number of amides is 1. The Morgan fingerprint density at radius 3 is 2.70 bits per heavy atom. The Bertz CT molecular complexity index is 556. The predicted molar refractivity (Wildman–Crippen MR) is 72.3 cm³/mol. The Kier molecular flexibility index (Phi) is 3.08. The first-order chi connectivity index (χ1) is 9.58. The first-order valence-electron chi connectivity index (χ1n) is 6.80. The molecule has 6 heteroatoms. The summed E-state index contributed by atoms with van der Waals surface area (Å²) in [4.78, 5) is 29.0. The molecule has 1 saturated carbocycles. The molecule has 0 bridgehead atoms. The van der Waals surface area contributed by atoms with E-state index in [4.69, 9.17) is 5.73 Å². The second kappa shape index (κ2) is 4.77. The molecule has 1 aliphatic heterocycles. The van der Waals surface area contributed by atoms with Crippen LogP contribution in [-0.4, -0.2) is 35.1 Å². The van der Waals surface area contributed by atoms with Crippen LogP contribution >= 0.6 is 0 Å². The number of hydrogen-bond acceptors (Lipinski definition) is 4. The number of carboxylic acids is 1. The van der Waals surface area contributed by atoms with Crippen molar-refractivity contribution in [3.8, 4) is 0 Å². The number of anilines is 1. The monoisotopic (exact) mass is 275 g/mol. The summed E-state index contributed by atoms with van der Waals surface area (Å²) in [5.41, 5.74) is 5.72. The average molecular weight is 275 g/mol. The van der Waals surface area contributed by atoms with Crippen molar-refractivity contribution in [1.82, 2.24) is 4.98 Å². The molecule has 1 aromatic heterocycles. The van der Waals surface area contributed by atoms with Gasteiger partial charge in [0, 0.05) is 19.3 Å². The van der Waals surface area contributed by atoms with E-state index >= 15 is 0 Å². The zero-order chi connectivity index (χ0) is 14.3. The molecule has 2 atom stereocenters. The molecule has 0 unspecified atom stereocenters. The quantitative estimate of drug-likeness (QED) is 0.844. The lowest BCUT2D eigenvalue weighted by Crippen LogP contribution is -2.26. The molecule has 106 valence electrons. The van der Waals surface area contributed by atoms with Gasteiger partial charge in [-0.05, 0) is 36.8 Å². The van der Waals surface area contributed by atoms with Crippen LogP contribution in [-0.2, 0) is 4.79 Å². The summed E-state index contributed by atoms with van der Waals surface area (Å²) in [6.45, 7) is 1.03. The summed E-state index contributed by atoms with van der Waals surface area (Å²) >= 11 is 0. The zero-order valence-electron chi connectivity index (χ0n) is 11.0. The summed E-state index contributed by atoms with van der Waals surface area (Å²) in [7, 11) is 0. The summed E-state index contributed by atoms with van der Waals surface area (Å²) in [6, 6.07) is 3.29. The normalized spacial score (nSPS) is 25.7. The average Bonchev–Trinajstić information content (AvgIpc) is 3.17. The maximum Gasteiger partial charge on any atom is 0.308 e. The number of nitrogens with zero attached hydrogens (tertiary/aromatic N) is 2. The summed E-state index contributed by atoms with van der Waals surface area (Å²) in [5, 5.41) is 9.36. The van der Waals surface area contributed by atoms with Gasteiger partial charge < -0.3 is 15.7 Å². The van der Waals surface area contributed by atoms with Crippen LogP contribution in [0.4, 0.5) is 5.82 Å². The Labute approximate surface area is 116 Å². The Balaban J connectivity index is 1.88. The van der Waals surface area contributed by atoms with Gasteiger partial charge in [0.2, 0.25) is 0 Å². The van der Waals surface area contributed by atoms with E-state index in [2.05, 4.69) is 4.98 Å². The molecule has 3 rings (SSSR count). The minimum absolute atomic E-state index is 0.148. The lowest BCUT2D eigenvalue weighted by atomic mass is 9.92. The van der Waals surface area contributed by atoms with E-state index in [1.807, 2.05) is 4.90 Å². The van der Waals surface area contributed by atoms with Gasteiger partial charge in [-0.1, -0.05) is 0 Å². The lowest BCUT2D eigenvalue weighted by Gasteiger charge is -2.19. The Morgan fingerprint density at radius 1 is 1.35 bits per heavy atom. The number of nitrogens with two attached hydrogens (primary N) is 1. The summed E-state index contributed by atoms with van der Waals surface area (Å²) in [6.07, 6.45) is 3.81. The number of aliphatic carboxylic acids is 1. The smallest absolute Gasteiger partial charge is 0.308 e. The standard InChI is InChI=1S/C14H17N3O3/c15-12(18)9-2-1-5-16-13(9)17-6-10(8-3-4-8)11(7-17)14(19)20/h1-2,5,8,10-11H,3-4,6-7H2,(H2,15,18)(H,19,20)/t10-,11+/m0/s1. The van der Waals surface area contributed by atoms with Crippen LogP contribution in [0.25, 0.3) is 0 Å². The molecule has 2 fully saturated rings. The van der Waals surface area contributed by atoms with Gasteiger partial charge in [-0.2, -0.15) is 0 Å². The molecule has 0 radical (unpaired) electrons. The van der Waals surface area contributed by atoms with Gasteiger partial charge in [-0.25, -0.2) is 4.98 Å². The van der Waals surface area contributed by atoms with Crippen LogP contribution in [0.3, 0.4) is 0 Å². The van der Waals surface area contributed by atoms with Crippen molar-refractivity contribution in [3.63, 3.8) is 0 Å². The van der Waals surface area contributed by atoms with Gasteiger partial charge in [0.15, 0.2) is 0 Å². The summed E-state index contributed by atoms with van der Waals surface area (Å²) in [5.74, 6) is -0.521. The number of primary amides is 1. The largest absolute Gasteiger partial charge is 0.481 e. The third-order valence-electron chi connectivity index (χ3n) is 4.26. The van der Waals surface area contributed by atoms with Crippen LogP contribution in [0.1, 0.15) is 23.2 Å². The van der Waals surface area contributed by atoms with Crippen LogP contribution in [0.2, 0.25) is 0 Å². The van der Waals surface area contributed by atoms with Gasteiger partial charge in [0.25, 0.3) is 5.91 Å². The number of rotatable bonds is 4. The van der Waals surface area contributed by atoms with E-state index in [1.165, 1.54) is 0 Å². The van der Waals surface area contributed by atoms with Crippen molar-refractivity contribution in [1.29, 1.82) is 0 Å². The van der Waals surface area contributed by atoms with Crippen molar-refractivity contribution >= 4 is 17.7 Å². The number of carbonyl (C=O) groups excluding carboxylic acids is 1. The van der Waals surface area contributed by atoms with Gasteiger partial charge in [0.1, 0.15) is 5.82 Å². The molecule has 1 aliphatic carbocycles. The molecule has 2 aliphatic rings. The highest BCUT2D eigenvalue weighted by Gasteiger charge is 2.46. The molecule has 2 heterocycles. The van der Waals surface area contributed by atoms with Crippen molar-refractivity contribution in [2.75, 3.05) is 18.0 Å². The molecule has 6 nitrogen and oxygen atoms in total. The first kappa shape index (κ1) is 12.9. The minimum atomic E-state index is -0.763. The van der Waals surface area contributed by atoms with Crippen LogP contribution < -0.4 is 10.6 Å². The van der Waals surface area contributed by atoms with Crippen LogP contribution in [0.5, 0.6) is 0 Å². The van der Waals surface area contributed by atoms with Crippen LogP contribution in [0, 0.1) is 17.8 Å². The number of hydrogen-bond donors (Lipinski definition) is 2. The van der Waals surface area contributed by atoms with Gasteiger partial charge in [-0.3, -0.25) is 9.59 Å². The highest BCUT2D eigenvalue weighted by Crippen LogP contribution is 2.45. The zero-order valence-corrected chi connectivity index (χ0v) is 11.0. The number of carboxylic acid groups (broad SMARTS) is 1. The third-order valence-corrected chi connectivity index (χ3v) is 4.26. The van der Waals surface area contributed by atoms with Crippen molar-refractivity contribution in [2.24, 2.45) is 23.5 Å². The number of carbonyl (C=O) groups is 2. The highest BCUT2D eigenvalue weighted by molar-refractivity contribution is 5.97. The molecule has 1 saturated heterocycles. The number of aromatic nitrogens is 1. The molecule has 1 amide bonds. The molecule has 1 aromatic rings. The predicted octanol–water partition coefficient (Wildman–Crippen LogP) is 0.727. The molecule has 3 N–H and O–H groups in total. The molecule has 0 spiro atoms. The van der Waals surface area contributed by atoms with Gasteiger partial charge in [0.05, 0.1) is 11.5 Å². The van der Waals surface area contributed by atoms with Gasteiger partial charge >= 0.3 is 5.97 Å². The highest BCUT2D eigenvalue weighted by atomic mass is 16.4. The van der Waals surface area contributed by atoms with Crippen molar-refractivity contribution in [2.45, 2.75) is 12.8 Å². The maximum atomic E-state index is 11.5. The number of pyridine rings is 1. The van der Waals surface area contributed by atoms with Gasteiger partial charge in [-0.15, -0.1) is 0 Å². The minimum Gasteiger partial charge on any atom is -0.481 e. The second-order valence-corrected chi connectivity index (χ2v) is 5.59. The van der Waals surface area contributed by atoms with E-state index in [0.29, 0.717) is 30.4 Å². The Hall–Kier alpha value is -2.11. The summed E-state index contributed by atoms with van der Waals surface area (Å²) < 4.78 is 0. The molecule has 20 heavy (non-hydrogen) atoms. The van der Waals surface area contributed by atoms with E-state index in [-0.39, 0.29) is 11.8 Å². The lowest BCUT2D eigenvalue weighted by molar-refractivity contribution is -0.142. The molecular weight excluding hydrogens is 258 g/mol. The topological polar surface area (TPSA) is 96.5 Å². The van der Waals surface area contributed by atoms with E-state index in [0.717, 1.165) is 12.8 Å². The van der Waals surface area contributed by atoms with E-state index < -0.39 is 11.9 Å².